The molecule has 0 aromatic heterocycles. The summed E-state index contributed by atoms with van der Waals surface area (Å²) in [5, 5.41) is 0.806. The van der Waals surface area contributed by atoms with Crippen molar-refractivity contribution in [3.05, 3.63) is 23.2 Å². The molecular weight excluding hydrogens is 226 g/mol. The summed E-state index contributed by atoms with van der Waals surface area (Å²) in [6.45, 7) is 4.46. The minimum atomic E-state index is 0.771. The van der Waals surface area contributed by atoms with Crippen LogP contribution in [0, 0.1) is 5.92 Å². The van der Waals surface area contributed by atoms with E-state index in [0.29, 0.717) is 0 Å². The molecule has 84 valence electrons. The Balaban J connectivity index is 2.60. The van der Waals surface area contributed by atoms with E-state index >= 15 is 0 Å². The number of nitrogens with two attached hydrogens (primary N) is 1. The summed E-state index contributed by atoms with van der Waals surface area (Å²) in [4.78, 5) is 1.10. The van der Waals surface area contributed by atoms with E-state index < -0.39 is 0 Å². The van der Waals surface area contributed by atoms with Gasteiger partial charge in [0.25, 0.3) is 0 Å². The third-order valence-corrected chi connectivity index (χ3v) is 4.31. The Labute approximate surface area is 101 Å². The first-order valence-electron chi connectivity index (χ1n) is 5.35. The highest BCUT2D eigenvalue weighted by Crippen LogP contribution is 2.31. The molecule has 0 fully saturated rings. The average Bonchev–Trinajstić information content (AvgIpc) is 2.24. The van der Waals surface area contributed by atoms with Crippen LogP contribution in [0.5, 0.6) is 0 Å². The zero-order chi connectivity index (χ0) is 11.3. The molecule has 0 saturated carbocycles. The third-order valence-electron chi connectivity index (χ3n) is 2.58. The maximum absolute atomic E-state index is 6.09. The average molecular weight is 244 g/mol. The van der Waals surface area contributed by atoms with Gasteiger partial charge < -0.3 is 5.73 Å². The molecule has 0 bridgehead atoms. The van der Waals surface area contributed by atoms with Crippen LogP contribution in [0.1, 0.15) is 26.7 Å². The Morgan fingerprint density at radius 1 is 1.33 bits per heavy atom. The fourth-order valence-corrected chi connectivity index (χ4v) is 2.96. The Hall–Kier alpha value is -0.340. The van der Waals surface area contributed by atoms with Crippen molar-refractivity contribution in [3.8, 4) is 0 Å². The maximum atomic E-state index is 6.09. The van der Waals surface area contributed by atoms with Gasteiger partial charge in [0.05, 0.1) is 5.02 Å². The lowest BCUT2D eigenvalue weighted by atomic mass is 10.1. The normalized spacial score (nSPS) is 10.9. The van der Waals surface area contributed by atoms with E-state index in [1.54, 1.807) is 11.8 Å². The van der Waals surface area contributed by atoms with Gasteiger partial charge in [-0.05, 0) is 24.1 Å². The van der Waals surface area contributed by atoms with Gasteiger partial charge >= 0.3 is 0 Å². The second kappa shape index (κ2) is 6.29. The molecule has 0 saturated heterocycles. The van der Waals surface area contributed by atoms with Crippen molar-refractivity contribution in [2.24, 2.45) is 5.92 Å². The lowest BCUT2D eigenvalue weighted by Crippen LogP contribution is -2.00. The first kappa shape index (κ1) is 12.7. The molecule has 1 aromatic rings. The van der Waals surface area contributed by atoms with E-state index in [4.69, 9.17) is 17.3 Å². The summed E-state index contributed by atoms with van der Waals surface area (Å²) < 4.78 is 0. The first-order chi connectivity index (χ1) is 7.17. The van der Waals surface area contributed by atoms with Crippen LogP contribution in [0.4, 0.5) is 5.69 Å². The van der Waals surface area contributed by atoms with Crippen LogP contribution in [0.15, 0.2) is 23.1 Å². The maximum Gasteiger partial charge on any atom is 0.0543 e. The van der Waals surface area contributed by atoms with Crippen molar-refractivity contribution < 1.29 is 0 Å². The highest BCUT2D eigenvalue weighted by molar-refractivity contribution is 7.99. The smallest absolute Gasteiger partial charge is 0.0543 e. The van der Waals surface area contributed by atoms with Crippen molar-refractivity contribution in [1.29, 1.82) is 0 Å². The quantitative estimate of drug-likeness (QED) is 0.611. The Morgan fingerprint density at radius 2 is 2.00 bits per heavy atom. The lowest BCUT2D eigenvalue weighted by molar-refractivity contribution is 0.554. The lowest BCUT2D eigenvalue weighted by Gasteiger charge is -2.12. The topological polar surface area (TPSA) is 26.0 Å². The second-order valence-electron chi connectivity index (χ2n) is 3.68. The molecule has 15 heavy (non-hydrogen) atoms. The van der Waals surface area contributed by atoms with Crippen LogP contribution in [0.2, 0.25) is 5.02 Å². The SMILES string of the molecule is CCC(CC)CSc1cc(N)ccc1Cl. The van der Waals surface area contributed by atoms with Gasteiger partial charge in [-0.2, -0.15) is 0 Å². The monoisotopic (exact) mass is 243 g/mol. The minimum Gasteiger partial charge on any atom is -0.399 e. The zero-order valence-electron chi connectivity index (χ0n) is 9.29. The molecule has 0 unspecified atom stereocenters. The van der Waals surface area contributed by atoms with Crippen LogP contribution in [0.3, 0.4) is 0 Å². The van der Waals surface area contributed by atoms with Crippen molar-refractivity contribution in [2.75, 3.05) is 11.5 Å². The molecule has 0 atom stereocenters. The van der Waals surface area contributed by atoms with Crippen molar-refractivity contribution in [1.82, 2.24) is 0 Å². The van der Waals surface area contributed by atoms with Gasteiger partial charge in [0.15, 0.2) is 0 Å². The van der Waals surface area contributed by atoms with Crippen LogP contribution >= 0.6 is 23.4 Å². The molecule has 0 amide bonds. The Bertz CT molecular complexity index is 310. The largest absolute Gasteiger partial charge is 0.399 e. The van der Waals surface area contributed by atoms with Gasteiger partial charge in [-0.1, -0.05) is 38.3 Å². The van der Waals surface area contributed by atoms with Crippen LogP contribution in [-0.2, 0) is 0 Å². The number of halogens is 1. The Morgan fingerprint density at radius 3 is 2.60 bits per heavy atom. The highest BCUT2D eigenvalue weighted by atomic mass is 35.5. The van der Waals surface area contributed by atoms with E-state index in [1.807, 2.05) is 18.2 Å². The van der Waals surface area contributed by atoms with E-state index in [2.05, 4.69) is 13.8 Å². The molecule has 0 aliphatic rings. The van der Waals surface area contributed by atoms with E-state index in [1.165, 1.54) is 12.8 Å². The number of rotatable bonds is 5. The number of hydrogen-bond donors (Lipinski definition) is 1. The predicted molar refractivity (Wildman–Crippen MR) is 70.7 cm³/mol. The summed E-state index contributed by atoms with van der Waals surface area (Å²) >= 11 is 7.90. The number of nitrogen functional groups attached to an aromatic ring is 1. The highest BCUT2D eigenvalue weighted by Gasteiger charge is 2.07. The fourth-order valence-electron chi connectivity index (χ4n) is 1.36. The molecule has 0 radical (unpaired) electrons. The van der Waals surface area contributed by atoms with Crippen LogP contribution in [-0.4, -0.2) is 5.75 Å². The number of hydrogen-bond acceptors (Lipinski definition) is 2. The molecule has 2 N–H and O–H groups in total. The molecule has 1 nitrogen and oxygen atoms in total. The number of thioether (sulfide) groups is 1. The van der Waals surface area contributed by atoms with Crippen molar-refractivity contribution >= 4 is 29.1 Å². The number of benzene rings is 1. The molecule has 0 heterocycles. The van der Waals surface area contributed by atoms with E-state index in [9.17, 15) is 0 Å². The molecule has 0 aliphatic carbocycles. The summed E-state index contributed by atoms with van der Waals surface area (Å²) in [6.07, 6.45) is 2.45. The predicted octanol–water partition coefficient (Wildman–Crippen LogP) is 4.45. The van der Waals surface area contributed by atoms with Crippen LogP contribution < -0.4 is 5.73 Å². The van der Waals surface area contributed by atoms with E-state index in [-0.39, 0.29) is 0 Å². The van der Waals surface area contributed by atoms with Gasteiger partial charge in [0.2, 0.25) is 0 Å². The Kier molecular flexibility index (Phi) is 5.34. The van der Waals surface area contributed by atoms with E-state index in [0.717, 1.165) is 27.3 Å². The minimum absolute atomic E-state index is 0.771. The molecule has 3 heteroatoms. The fraction of sp³-hybridized carbons (Fsp3) is 0.500. The van der Waals surface area contributed by atoms with Gasteiger partial charge in [0, 0.05) is 16.3 Å². The van der Waals surface area contributed by atoms with Gasteiger partial charge in [0.1, 0.15) is 0 Å². The summed E-state index contributed by atoms with van der Waals surface area (Å²) in [7, 11) is 0. The molecule has 0 aliphatic heterocycles. The first-order valence-corrected chi connectivity index (χ1v) is 6.71. The zero-order valence-corrected chi connectivity index (χ0v) is 10.9. The number of anilines is 1. The van der Waals surface area contributed by atoms with Gasteiger partial charge in [-0.3, -0.25) is 0 Å². The molecular formula is C12H18ClNS. The third kappa shape index (κ3) is 3.96. The summed E-state index contributed by atoms with van der Waals surface area (Å²) in [5.74, 6) is 1.89. The van der Waals surface area contributed by atoms with Crippen molar-refractivity contribution in [3.63, 3.8) is 0 Å². The standard InChI is InChI=1S/C12H18ClNS/c1-3-9(4-2)8-15-12-7-10(14)5-6-11(12)13/h5-7,9H,3-4,8,14H2,1-2H3. The van der Waals surface area contributed by atoms with Gasteiger partial charge in [-0.25, -0.2) is 0 Å². The molecule has 1 aromatic carbocycles. The molecule has 0 spiro atoms. The summed E-state index contributed by atoms with van der Waals surface area (Å²) in [6, 6.07) is 5.66. The van der Waals surface area contributed by atoms with Crippen molar-refractivity contribution in [2.45, 2.75) is 31.6 Å². The summed E-state index contributed by atoms with van der Waals surface area (Å²) in [5.41, 5.74) is 6.51. The van der Waals surface area contributed by atoms with Gasteiger partial charge in [-0.15, -0.1) is 11.8 Å². The van der Waals surface area contributed by atoms with Crippen LogP contribution in [0.25, 0.3) is 0 Å². The second-order valence-corrected chi connectivity index (χ2v) is 5.15. The molecule has 1 rings (SSSR count).